The van der Waals surface area contributed by atoms with Gasteiger partial charge in [-0.15, -0.1) is 0 Å². The third kappa shape index (κ3) is 7.64. The van der Waals surface area contributed by atoms with E-state index in [1.54, 1.807) is 35.2 Å². The van der Waals surface area contributed by atoms with Gasteiger partial charge < -0.3 is 10.2 Å². The lowest BCUT2D eigenvalue weighted by molar-refractivity contribution is -0.141. The maximum atomic E-state index is 13.9. The number of nitrogens with one attached hydrogen (secondary N) is 1. The van der Waals surface area contributed by atoms with E-state index in [1.807, 2.05) is 36.4 Å². The molecule has 4 nitrogen and oxygen atoms in total. The molecule has 1 N–H and O–H groups in total. The molecule has 8 heteroatoms. The third-order valence-electron chi connectivity index (χ3n) is 6.67. The van der Waals surface area contributed by atoms with Gasteiger partial charge in [0.1, 0.15) is 6.04 Å². The van der Waals surface area contributed by atoms with Gasteiger partial charge in [-0.1, -0.05) is 102 Å². The van der Waals surface area contributed by atoms with E-state index in [-0.39, 0.29) is 30.8 Å². The molecule has 37 heavy (non-hydrogen) atoms. The van der Waals surface area contributed by atoms with Crippen molar-refractivity contribution < 1.29 is 9.59 Å². The van der Waals surface area contributed by atoms with Gasteiger partial charge in [0.15, 0.2) is 0 Å². The molecule has 2 amide bonds. The first-order chi connectivity index (χ1) is 17.8. The Bertz CT molecular complexity index is 1250. The second kappa shape index (κ2) is 13.0. The van der Waals surface area contributed by atoms with Crippen LogP contribution < -0.4 is 5.32 Å². The lowest BCUT2D eigenvalue weighted by Crippen LogP contribution is -2.52. The highest BCUT2D eigenvalue weighted by molar-refractivity contribution is 6.42. The molecule has 194 valence electrons. The molecule has 1 saturated carbocycles. The molecule has 0 spiro atoms. The van der Waals surface area contributed by atoms with Crippen molar-refractivity contribution in [2.45, 2.75) is 57.2 Å². The largest absolute Gasteiger partial charge is 0.352 e. The molecular formula is C29H28Cl4N2O2. The smallest absolute Gasteiger partial charge is 0.243 e. The van der Waals surface area contributed by atoms with Crippen molar-refractivity contribution in [2.24, 2.45) is 0 Å². The van der Waals surface area contributed by atoms with Gasteiger partial charge in [-0.05, 0) is 53.8 Å². The molecule has 1 atom stereocenters. The van der Waals surface area contributed by atoms with Crippen LogP contribution >= 0.6 is 46.4 Å². The Morgan fingerprint density at radius 2 is 1.57 bits per heavy atom. The van der Waals surface area contributed by atoms with Crippen molar-refractivity contribution in [3.8, 4) is 0 Å². The quantitative estimate of drug-likeness (QED) is 0.285. The highest BCUT2D eigenvalue weighted by Gasteiger charge is 2.32. The summed E-state index contributed by atoms with van der Waals surface area (Å²) in [5.41, 5.74) is 2.38. The third-order valence-corrected chi connectivity index (χ3v) is 7.99. The zero-order valence-electron chi connectivity index (χ0n) is 20.2. The summed E-state index contributed by atoms with van der Waals surface area (Å²) in [7, 11) is 0. The van der Waals surface area contributed by atoms with Crippen LogP contribution in [0.15, 0.2) is 66.7 Å². The van der Waals surface area contributed by atoms with Gasteiger partial charge in [-0.2, -0.15) is 0 Å². The highest BCUT2D eigenvalue weighted by Crippen LogP contribution is 2.26. The maximum Gasteiger partial charge on any atom is 0.243 e. The number of carbonyl (C=O) groups is 2. The van der Waals surface area contributed by atoms with Crippen LogP contribution in [0.4, 0.5) is 0 Å². The number of nitrogens with zero attached hydrogens (tertiary/aromatic N) is 1. The molecule has 0 heterocycles. The summed E-state index contributed by atoms with van der Waals surface area (Å²) in [6, 6.07) is 19.4. The lowest BCUT2D eigenvalue weighted by atomic mass is 10.0. The van der Waals surface area contributed by atoms with E-state index in [0.29, 0.717) is 32.1 Å². The lowest BCUT2D eigenvalue weighted by Gasteiger charge is -2.32. The molecule has 0 radical (unpaired) electrons. The number of amides is 2. The molecule has 0 aliphatic heterocycles. The van der Waals surface area contributed by atoms with Crippen LogP contribution in [-0.2, 0) is 29.0 Å². The van der Waals surface area contributed by atoms with Crippen LogP contribution in [0, 0.1) is 0 Å². The molecule has 3 aromatic rings. The average Bonchev–Trinajstić information content (AvgIpc) is 3.38. The van der Waals surface area contributed by atoms with Crippen molar-refractivity contribution in [1.82, 2.24) is 10.2 Å². The van der Waals surface area contributed by atoms with Crippen LogP contribution in [0.1, 0.15) is 42.4 Å². The van der Waals surface area contributed by atoms with Gasteiger partial charge in [0, 0.05) is 29.1 Å². The summed E-state index contributed by atoms with van der Waals surface area (Å²) in [6.45, 7) is 0.191. The molecular weight excluding hydrogens is 550 g/mol. The van der Waals surface area contributed by atoms with Gasteiger partial charge in [-0.3, -0.25) is 9.59 Å². The van der Waals surface area contributed by atoms with E-state index in [1.165, 1.54) is 0 Å². The van der Waals surface area contributed by atoms with E-state index >= 15 is 0 Å². The van der Waals surface area contributed by atoms with Crippen LogP contribution in [0.2, 0.25) is 20.1 Å². The number of hydrogen-bond donors (Lipinski definition) is 1. The molecule has 4 rings (SSSR count). The molecule has 1 aliphatic rings. The monoisotopic (exact) mass is 576 g/mol. The fraction of sp³-hybridized carbons (Fsp3) is 0.310. The Hall–Kier alpha value is -2.24. The Morgan fingerprint density at radius 1 is 0.838 bits per heavy atom. The van der Waals surface area contributed by atoms with Crippen LogP contribution in [0.5, 0.6) is 0 Å². The molecule has 0 unspecified atom stereocenters. The summed E-state index contributed by atoms with van der Waals surface area (Å²) < 4.78 is 0. The van der Waals surface area contributed by atoms with Crippen molar-refractivity contribution in [3.05, 3.63) is 104 Å². The number of halogens is 4. The number of rotatable bonds is 9. The first-order valence-electron chi connectivity index (χ1n) is 12.3. The predicted octanol–water partition coefficient (Wildman–Crippen LogP) is 7.54. The Morgan fingerprint density at radius 3 is 2.24 bits per heavy atom. The minimum absolute atomic E-state index is 0.0271. The van der Waals surface area contributed by atoms with Gasteiger partial charge in [-0.25, -0.2) is 0 Å². The summed E-state index contributed by atoms with van der Waals surface area (Å²) >= 11 is 24.9. The molecule has 1 aliphatic carbocycles. The first-order valence-corrected chi connectivity index (χ1v) is 13.8. The summed E-state index contributed by atoms with van der Waals surface area (Å²) in [5.74, 6) is -0.385. The van der Waals surface area contributed by atoms with Gasteiger partial charge in [0.25, 0.3) is 0 Å². The van der Waals surface area contributed by atoms with Gasteiger partial charge in [0.05, 0.1) is 16.5 Å². The van der Waals surface area contributed by atoms with Crippen molar-refractivity contribution in [3.63, 3.8) is 0 Å². The molecule has 0 aromatic heterocycles. The summed E-state index contributed by atoms with van der Waals surface area (Å²) in [4.78, 5) is 29.2. The normalized spacial score (nSPS) is 14.4. The standard InChI is InChI=1S/C29H28Cl4N2O2/c30-22-12-11-21(25(32)17-22)16-28(36)35(18-20-10-13-24(31)26(33)14-20)27(15-19-6-2-1-3-7-19)29(37)34-23-8-4-5-9-23/h1-3,6-7,10-14,17,23,27H,4-5,8-9,15-16,18H2,(H,34,37)/t27-/m0/s1. The number of carbonyl (C=O) groups excluding carboxylic acids is 2. The Labute approximate surface area is 237 Å². The van der Waals surface area contributed by atoms with Gasteiger partial charge in [0.2, 0.25) is 11.8 Å². The minimum Gasteiger partial charge on any atom is -0.352 e. The van der Waals surface area contributed by atoms with Crippen molar-refractivity contribution in [1.29, 1.82) is 0 Å². The molecule has 0 saturated heterocycles. The van der Waals surface area contributed by atoms with E-state index < -0.39 is 6.04 Å². The second-order valence-electron chi connectivity index (χ2n) is 9.38. The highest BCUT2D eigenvalue weighted by atomic mass is 35.5. The maximum absolute atomic E-state index is 13.9. The Kier molecular flexibility index (Phi) is 9.77. The topological polar surface area (TPSA) is 49.4 Å². The molecule has 1 fully saturated rings. The first kappa shape index (κ1) is 27.8. The molecule has 3 aromatic carbocycles. The predicted molar refractivity (Wildman–Crippen MR) is 152 cm³/mol. The zero-order valence-corrected chi connectivity index (χ0v) is 23.3. The van der Waals surface area contributed by atoms with E-state index in [0.717, 1.165) is 36.8 Å². The van der Waals surface area contributed by atoms with Crippen molar-refractivity contribution >= 4 is 58.2 Å². The van der Waals surface area contributed by atoms with E-state index in [9.17, 15) is 9.59 Å². The summed E-state index contributed by atoms with van der Waals surface area (Å²) in [6.07, 6.45) is 4.49. The number of hydrogen-bond acceptors (Lipinski definition) is 2. The fourth-order valence-electron chi connectivity index (χ4n) is 4.69. The van der Waals surface area contributed by atoms with E-state index in [4.69, 9.17) is 46.4 Å². The number of benzene rings is 3. The van der Waals surface area contributed by atoms with Crippen molar-refractivity contribution in [2.75, 3.05) is 0 Å². The van der Waals surface area contributed by atoms with Crippen LogP contribution in [0.3, 0.4) is 0 Å². The zero-order chi connectivity index (χ0) is 26.4. The fourth-order valence-corrected chi connectivity index (χ4v) is 5.48. The molecule has 0 bridgehead atoms. The Balaban J connectivity index is 1.69. The SMILES string of the molecule is O=C(NC1CCCC1)[C@H](Cc1ccccc1)N(Cc1ccc(Cl)c(Cl)c1)C(=O)Cc1ccc(Cl)cc1Cl. The van der Waals surface area contributed by atoms with E-state index in [2.05, 4.69) is 5.32 Å². The minimum atomic E-state index is -0.726. The van der Waals surface area contributed by atoms with Gasteiger partial charge >= 0.3 is 0 Å². The summed E-state index contributed by atoms with van der Waals surface area (Å²) in [5, 5.41) is 4.92. The second-order valence-corrected chi connectivity index (χ2v) is 11.0. The van der Waals surface area contributed by atoms with Crippen LogP contribution in [0.25, 0.3) is 0 Å². The average molecular weight is 578 g/mol. The van der Waals surface area contributed by atoms with Crippen LogP contribution in [-0.4, -0.2) is 28.8 Å².